The van der Waals surface area contributed by atoms with Crippen molar-refractivity contribution in [3.05, 3.63) is 112 Å². The average Bonchev–Trinajstić information content (AvgIpc) is 3.16. The van der Waals surface area contributed by atoms with Crippen LogP contribution in [0.25, 0.3) is 0 Å². The number of aliphatic imine (C=N–C) groups is 1. The Morgan fingerprint density at radius 1 is 0.894 bits per heavy atom. The number of hydrogen-bond acceptors (Lipinski definition) is 6. The van der Waals surface area contributed by atoms with E-state index in [1.807, 2.05) is 0 Å². The molecule has 3 aromatic carbocycles. The summed E-state index contributed by atoms with van der Waals surface area (Å²) < 4.78 is 27.8. The largest absolute Gasteiger partial charge is 0.478 e. The van der Waals surface area contributed by atoms with Gasteiger partial charge in [0.1, 0.15) is 17.7 Å². The summed E-state index contributed by atoms with van der Waals surface area (Å²) in [6, 6.07) is 16.8. The van der Waals surface area contributed by atoms with Crippen molar-refractivity contribution in [3.8, 4) is 0 Å². The summed E-state index contributed by atoms with van der Waals surface area (Å²) in [6.45, 7) is 2.82. The summed E-state index contributed by atoms with van der Waals surface area (Å²) in [5, 5.41) is 16.1. The Labute approximate surface area is 274 Å². The van der Waals surface area contributed by atoms with Gasteiger partial charge in [0, 0.05) is 52.0 Å². The van der Waals surface area contributed by atoms with Gasteiger partial charge in [-0.3, -0.25) is 14.6 Å². The number of Topliss-reactive ketones (excluding diaryl/α,β-unsaturated/α-hetero) is 1. The molecule has 13 heteroatoms. The van der Waals surface area contributed by atoms with E-state index in [1.54, 1.807) is 53.4 Å². The molecule has 4 N–H and O–H groups in total. The van der Waals surface area contributed by atoms with E-state index >= 15 is 0 Å². The van der Waals surface area contributed by atoms with Crippen LogP contribution >= 0.6 is 11.6 Å². The van der Waals surface area contributed by atoms with Crippen LogP contribution in [0.15, 0.2) is 83.9 Å². The van der Waals surface area contributed by atoms with Crippen LogP contribution in [0, 0.1) is 17.6 Å². The lowest BCUT2D eigenvalue weighted by atomic mass is 9.89. The van der Waals surface area contributed by atoms with Crippen molar-refractivity contribution in [2.45, 2.75) is 25.3 Å². The highest BCUT2D eigenvalue weighted by atomic mass is 35.5. The van der Waals surface area contributed by atoms with E-state index < -0.39 is 18.0 Å². The molecule has 1 saturated heterocycles. The Morgan fingerprint density at radius 3 is 2.15 bits per heavy atom. The van der Waals surface area contributed by atoms with Crippen molar-refractivity contribution in [3.63, 3.8) is 0 Å². The first-order valence-corrected chi connectivity index (χ1v) is 15.0. The molecule has 0 saturated carbocycles. The van der Waals surface area contributed by atoms with E-state index in [0.29, 0.717) is 46.1 Å². The number of nitrogens with zero attached hydrogens (tertiary/aromatic N) is 3. The monoisotopic (exact) mass is 669 g/mol. The fraction of sp³-hybridized carbons (Fsp3) is 0.265. The number of ketones is 1. The third-order valence-corrected chi connectivity index (χ3v) is 7.92. The van der Waals surface area contributed by atoms with Crippen LogP contribution in [0.3, 0.4) is 0 Å². The third kappa shape index (κ3) is 10.1. The highest BCUT2D eigenvalue weighted by Crippen LogP contribution is 2.38. The Balaban J connectivity index is 0.000000594. The number of piperidine rings is 1. The van der Waals surface area contributed by atoms with Crippen molar-refractivity contribution in [1.29, 1.82) is 0 Å². The normalized spacial score (nSPS) is 16.4. The molecule has 0 bridgehead atoms. The van der Waals surface area contributed by atoms with Gasteiger partial charge in [0.2, 0.25) is 0 Å². The molecule has 3 aromatic rings. The van der Waals surface area contributed by atoms with E-state index in [2.05, 4.69) is 9.89 Å². The highest BCUT2D eigenvalue weighted by molar-refractivity contribution is 6.34. The molecule has 0 aromatic heterocycles. The van der Waals surface area contributed by atoms with E-state index in [0.717, 1.165) is 38.9 Å². The van der Waals surface area contributed by atoms with Crippen LogP contribution in [0.1, 0.15) is 46.8 Å². The fourth-order valence-electron chi connectivity index (χ4n) is 5.44. The molecular formula is C34H34ClF2N3O7. The number of carbonyl (C=O) groups is 4. The van der Waals surface area contributed by atoms with E-state index in [-0.39, 0.29) is 34.7 Å². The van der Waals surface area contributed by atoms with Crippen LogP contribution in [0.5, 0.6) is 0 Å². The van der Waals surface area contributed by atoms with Crippen molar-refractivity contribution in [2.75, 3.05) is 31.1 Å². The average molecular weight is 670 g/mol. The van der Waals surface area contributed by atoms with Gasteiger partial charge in [-0.05, 0) is 87.4 Å². The molecule has 0 radical (unpaired) electrons. The number of aliphatic carboxylic acids is 2. The first-order valence-electron chi connectivity index (χ1n) is 14.6. The van der Waals surface area contributed by atoms with Crippen LogP contribution in [0.2, 0.25) is 5.02 Å². The summed E-state index contributed by atoms with van der Waals surface area (Å²) in [5.41, 5.74) is 2.30. The zero-order chi connectivity index (χ0) is 33.2. The second-order valence-electron chi connectivity index (χ2n) is 10.7. The number of rotatable bonds is 9. The number of halogens is 3. The summed E-state index contributed by atoms with van der Waals surface area (Å²) in [6.07, 6.45) is 4.61. The van der Waals surface area contributed by atoms with Gasteiger partial charge in [0.15, 0.2) is 5.78 Å². The molecule has 1 amide bonds. The lowest BCUT2D eigenvalue weighted by molar-refractivity contribution is -0.134. The number of amides is 1. The van der Waals surface area contributed by atoms with Crippen LogP contribution in [0.4, 0.5) is 14.5 Å². The zero-order valence-electron chi connectivity index (χ0n) is 25.2. The van der Waals surface area contributed by atoms with Gasteiger partial charge in [-0.1, -0.05) is 29.8 Å². The quantitative estimate of drug-likeness (QED) is 0.240. The molecule has 47 heavy (non-hydrogen) atoms. The number of carbonyl (C=O) groups excluding carboxylic acids is 2. The molecule has 5 rings (SSSR count). The Hall–Kier alpha value is -4.78. The van der Waals surface area contributed by atoms with Gasteiger partial charge in [0.05, 0.1) is 6.21 Å². The first-order chi connectivity index (χ1) is 22.0. The lowest BCUT2D eigenvalue weighted by Crippen LogP contribution is -2.39. The van der Waals surface area contributed by atoms with Gasteiger partial charge in [-0.2, -0.15) is 0 Å². The van der Waals surface area contributed by atoms with E-state index in [9.17, 15) is 28.0 Å². The molecule has 2 aliphatic rings. The Kier molecular flexibility index (Phi) is 13.4. The highest BCUT2D eigenvalue weighted by Gasteiger charge is 2.29. The van der Waals surface area contributed by atoms with E-state index in [1.165, 1.54) is 24.4 Å². The number of carboxylic acid groups (broad SMARTS) is 2. The third-order valence-electron chi connectivity index (χ3n) is 7.69. The lowest BCUT2D eigenvalue weighted by Gasteiger charge is -2.32. The minimum atomic E-state index is -1.26. The topological polar surface area (TPSA) is 159 Å². The fourth-order valence-corrected chi connectivity index (χ4v) is 5.62. The number of benzene rings is 3. The minimum Gasteiger partial charge on any atom is -0.478 e. The van der Waals surface area contributed by atoms with E-state index in [4.69, 9.17) is 21.8 Å². The molecule has 2 aliphatic heterocycles. The molecule has 0 spiro atoms. The summed E-state index contributed by atoms with van der Waals surface area (Å²) >= 11 is 6.30. The smallest absolute Gasteiger partial charge is 0.328 e. The standard InChI is InChI=1S/C30H28ClF2N3O2.C4H4O4.H2O/c31-22-8-11-27-25(18-22)29(24-4-1-2-5-26(24)33)34-19-28(37)36(27)15-3-14-35-16-12-21(13-17-35)30(38)20-6-9-23(32)10-7-20;5-3(6)1-2-4(7)8;/h1-2,4-11,18-19,21,29H,3,12-17H2;1-2H,(H,5,6)(H,7,8);1H2/b;2-1+;. The van der Waals surface area contributed by atoms with Crippen molar-refractivity contribution in [1.82, 2.24) is 4.90 Å². The molecule has 1 fully saturated rings. The maximum atomic E-state index is 14.6. The molecule has 1 atom stereocenters. The number of carboxylic acids is 2. The summed E-state index contributed by atoms with van der Waals surface area (Å²) in [4.78, 5) is 53.4. The SMILES string of the molecule is O.O=C(O)/C=C/C(=O)O.O=C(c1ccc(F)cc1)C1CCN(CCCN2C(=O)C=NC(c3ccccc3F)c3cc(Cl)ccc32)CC1. The van der Waals surface area contributed by atoms with Gasteiger partial charge >= 0.3 is 11.9 Å². The van der Waals surface area contributed by atoms with Crippen molar-refractivity contribution < 1.29 is 43.6 Å². The second kappa shape index (κ2) is 17.2. The summed E-state index contributed by atoms with van der Waals surface area (Å²) in [7, 11) is 0. The van der Waals surface area contributed by atoms with Gasteiger partial charge in [0.25, 0.3) is 5.91 Å². The number of fused-ring (bicyclic) bond motifs is 1. The summed E-state index contributed by atoms with van der Waals surface area (Å²) in [5.74, 6) is -3.50. The maximum absolute atomic E-state index is 14.6. The maximum Gasteiger partial charge on any atom is 0.328 e. The number of likely N-dealkylation sites (tertiary alicyclic amines) is 1. The number of anilines is 1. The van der Waals surface area contributed by atoms with Crippen LogP contribution in [-0.2, 0) is 14.4 Å². The van der Waals surface area contributed by atoms with Crippen LogP contribution < -0.4 is 4.90 Å². The Morgan fingerprint density at radius 2 is 1.53 bits per heavy atom. The molecule has 10 nitrogen and oxygen atoms in total. The van der Waals surface area contributed by atoms with Crippen molar-refractivity contribution >= 4 is 47.1 Å². The zero-order valence-corrected chi connectivity index (χ0v) is 25.9. The second-order valence-corrected chi connectivity index (χ2v) is 11.2. The number of hydrogen-bond donors (Lipinski definition) is 2. The molecule has 248 valence electrons. The van der Waals surface area contributed by atoms with Gasteiger partial charge in [-0.25, -0.2) is 18.4 Å². The first kappa shape index (κ1) is 36.7. The predicted molar refractivity (Wildman–Crippen MR) is 173 cm³/mol. The Bertz CT molecular complexity index is 1620. The van der Waals surface area contributed by atoms with Crippen LogP contribution in [-0.4, -0.2) is 76.6 Å². The molecule has 0 aliphatic carbocycles. The van der Waals surface area contributed by atoms with Crippen molar-refractivity contribution in [2.24, 2.45) is 10.9 Å². The predicted octanol–water partition coefficient (Wildman–Crippen LogP) is 5.00. The van der Waals surface area contributed by atoms with Gasteiger partial charge < -0.3 is 25.5 Å². The molecular weight excluding hydrogens is 636 g/mol. The van der Waals surface area contributed by atoms with Gasteiger partial charge in [-0.15, -0.1) is 0 Å². The minimum absolute atomic E-state index is 0. The molecule has 1 unspecified atom stereocenters. The molecule has 2 heterocycles.